The highest BCUT2D eigenvalue weighted by atomic mass is 17.3. The second kappa shape index (κ2) is 10.5. The maximum Gasteiger partial charge on any atom is 0.256 e. The third-order valence-electron chi connectivity index (χ3n) is 4.75. The van der Waals surface area contributed by atoms with Crippen LogP contribution >= 0.6 is 0 Å². The normalized spacial score (nSPS) is 16.1. The number of rotatable bonds is 13. The lowest BCUT2D eigenvalue weighted by Crippen LogP contribution is -2.37. The predicted molar refractivity (Wildman–Crippen MR) is 106 cm³/mol. The van der Waals surface area contributed by atoms with Gasteiger partial charge in [-0.3, -0.25) is 14.5 Å². The monoisotopic (exact) mass is 399 g/mol. The smallest absolute Gasteiger partial charge is 0.256 e. The molecular formula is C21H37NO6. The lowest BCUT2D eigenvalue weighted by Gasteiger charge is -2.29. The van der Waals surface area contributed by atoms with Crippen LogP contribution in [0.1, 0.15) is 87.5 Å². The van der Waals surface area contributed by atoms with Crippen molar-refractivity contribution >= 4 is 11.8 Å². The van der Waals surface area contributed by atoms with Gasteiger partial charge in [-0.2, -0.15) is 0 Å². The average Bonchev–Trinajstić information content (AvgIpc) is 2.78. The first-order valence-electron chi connectivity index (χ1n) is 10.2. The molecule has 0 aromatic carbocycles. The molecule has 0 unspecified atom stereocenters. The molecule has 0 N–H and O–H groups in total. The molecule has 7 nitrogen and oxygen atoms in total. The van der Waals surface area contributed by atoms with E-state index in [2.05, 4.69) is 13.8 Å². The summed E-state index contributed by atoms with van der Waals surface area (Å²) in [6.45, 7) is 15.3. The summed E-state index contributed by atoms with van der Waals surface area (Å²) in [6, 6.07) is 0. The Hall–Kier alpha value is -1.28. The van der Waals surface area contributed by atoms with E-state index in [0.29, 0.717) is 11.1 Å². The van der Waals surface area contributed by atoms with Crippen LogP contribution in [0.25, 0.3) is 0 Å². The summed E-state index contributed by atoms with van der Waals surface area (Å²) in [6.07, 6.45) is 2.89. The van der Waals surface area contributed by atoms with Crippen molar-refractivity contribution in [1.29, 1.82) is 0 Å². The van der Waals surface area contributed by atoms with Gasteiger partial charge in [-0.25, -0.2) is 19.6 Å². The van der Waals surface area contributed by atoms with Crippen LogP contribution in [0.2, 0.25) is 0 Å². The van der Waals surface area contributed by atoms with E-state index in [1.54, 1.807) is 13.8 Å². The highest BCUT2D eigenvalue weighted by Gasteiger charge is 2.34. The summed E-state index contributed by atoms with van der Waals surface area (Å²) in [4.78, 5) is 47.8. The Bertz CT molecular complexity index is 535. The number of imide groups is 1. The molecule has 0 saturated heterocycles. The van der Waals surface area contributed by atoms with Gasteiger partial charge >= 0.3 is 0 Å². The molecule has 1 aliphatic rings. The zero-order chi connectivity index (χ0) is 21.5. The third-order valence-corrected chi connectivity index (χ3v) is 4.75. The van der Waals surface area contributed by atoms with Crippen molar-refractivity contribution in [3.63, 3.8) is 0 Å². The molecule has 7 heteroatoms. The van der Waals surface area contributed by atoms with Crippen molar-refractivity contribution in [2.75, 3.05) is 6.54 Å². The Kier molecular flexibility index (Phi) is 9.27. The van der Waals surface area contributed by atoms with E-state index in [1.165, 1.54) is 4.90 Å². The number of amides is 2. The highest BCUT2D eigenvalue weighted by molar-refractivity contribution is 6.18. The van der Waals surface area contributed by atoms with Gasteiger partial charge in [0, 0.05) is 24.1 Å². The highest BCUT2D eigenvalue weighted by Crippen LogP contribution is 2.24. The first-order valence-corrected chi connectivity index (χ1v) is 10.2. The largest absolute Gasteiger partial charge is 0.275 e. The van der Waals surface area contributed by atoms with Crippen molar-refractivity contribution in [3.8, 4) is 0 Å². The Morgan fingerprint density at radius 3 is 1.57 bits per heavy atom. The number of carbonyl (C=O) groups is 2. The van der Waals surface area contributed by atoms with E-state index >= 15 is 0 Å². The van der Waals surface area contributed by atoms with Crippen molar-refractivity contribution in [3.05, 3.63) is 11.1 Å². The average molecular weight is 400 g/mol. The summed E-state index contributed by atoms with van der Waals surface area (Å²) in [5.74, 6) is -0.554. The molecule has 0 atom stereocenters. The molecule has 0 saturated carbocycles. The van der Waals surface area contributed by atoms with E-state index < -0.39 is 17.5 Å². The minimum atomic E-state index is -0.867. The van der Waals surface area contributed by atoms with Crippen LogP contribution < -0.4 is 0 Å². The first-order chi connectivity index (χ1) is 12.9. The molecule has 0 bridgehead atoms. The van der Waals surface area contributed by atoms with E-state index in [9.17, 15) is 9.59 Å². The van der Waals surface area contributed by atoms with Gasteiger partial charge in [0.05, 0.1) is 11.2 Å². The van der Waals surface area contributed by atoms with Gasteiger partial charge in [0.1, 0.15) is 0 Å². The molecular weight excluding hydrogens is 362 g/mol. The second-order valence-electron chi connectivity index (χ2n) is 8.61. The van der Waals surface area contributed by atoms with E-state index in [-0.39, 0.29) is 24.8 Å². The second-order valence-corrected chi connectivity index (χ2v) is 8.61. The van der Waals surface area contributed by atoms with Crippen molar-refractivity contribution < 1.29 is 29.1 Å². The lowest BCUT2D eigenvalue weighted by molar-refractivity contribution is -0.501. The number of carbonyl (C=O) groups excluding carboxylic acids is 2. The summed E-state index contributed by atoms with van der Waals surface area (Å²) >= 11 is 0. The first kappa shape index (κ1) is 24.8. The number of nitrogens with zero attached hydrogens (tertiary/aromatic N) is 1. The zero-order valence-electron chi connectivity index (χ0n) is 18.7. The summed E-state index contributed by atoms with van der Waals surface area (Å²) in [5.41, 5.74) is -0.0137. The maximum atomic E-state index is 12.2. The van der Waals surface area contributed by atoms with Crippen LogP contribution in [0.15, 0.2) is 11.1 Å². The Labute approximate surface area is 169 Å². The third kappa shape index (κ3) is 7.28. The molecule has 1 aliphatic heterocycles. The van der Waals surface area contributed by atoms with Gasteiger partial charge in [0.25, 0.3) is 11.8 Å². The number of hydrogen-bond donors (Lipinski definition) is 0. The minimum Gasteiger partial charge on any atom is -0.275 e. The molecule has 2 amide bonds. The molecule has 0 spiro atoms. The standard InChI is InChI=1S/C21H37NO6/c1-9-12-20(5,6)27-25-17(26-28-21(7,8)13-10-2)11-14-22-18(23)15(3)16(4)19(22)24/h17H,9-14H2,1-8H3. The van der Waals surface area contributed by atoms with Crippen LogP contribution in [0.4, 0.5) is 0 Å². The molecule has 0 aromatic rings. The Morgan fingerprint density at radius 2 is 1.21 bits per heavy atom. The van der Waals surface area contributed by atoms with Crippen LogP contribution in [-0.2, 0) is 29.1 Å². The van der Waals surface area contributed by atoms with Gasteiger partial charge in [-0.1, -0.05) is 26.7 Å². The fraction of sp³-hybridized carbons (Fsp3) is 0.810. The maximum absolute atomic E-state index is 12.2. The van der Waals surface area contributed by atoms with Crippen LogP contribution in [0, 0.1) is 0 Å². The predicted octanol–water partition coefficient (Wildman–Crippen LogP) is 4.46. The van der Waals surface area contributed by atoms with E-state index in [4.69, 9.17) is 19.6 Å². The van der Waals surface area contributed by atoms with Gasteiger partial charge in [0.2, 0.25) is 6.29 Å². The minimum absolute atomic E-state index is 0.159. The number of hydrogen-bond acceptors (Lipinski definition) is 6. The van der Waals surface area contributed by atoms with Crippen molar-refractivity contribution in [2.45, 2.75) is 105 Å². The molecule has 28 heavy (non-hydrogen) atoms. The zero-order valence-corrected chi connectivity index (χ0v) is 18.7. The topological polar surface area (TPSA) is 74.3 Å². The van der Waals surface area contributed by atoms with E-state index in [1.807, 2.05) is 27.7 Å². The molecule has 0 aromatic heterocycles. The van der Waals surface area contributed by atoms with Gasteiger partial charge in [-0.05, 0) is 54.4 Å². The van der Waals surface area contributed by atoms with E-state index in [0.717, 1.165) is 25.7 Å². The van der Waals surface area contributed by atoms with Gasteiger partial charge in [0.15, 0.2) is 0 Å². The van der Waals surface area contributed by atoms with Crippen LogP contribution in [-0.4, -0.2) is 40.8 Å². The fourth-order valence-electron chi connectivity index (χ4n) is 3.02. The molecule has 0 radical (unpaired) electrons. The fourth-order valence-corrected chi connectivity index (χ4v) is 3.02. The molecule has 1 heterocycles. The van der Waals surface area contributed by atoms with Crippen molar-refractivity contribution in [2.24, 2.45) is 0 Å². The van der Waals surface area contributed by atoms with Gasteiger partial charge in [-0.15, -0.1) is 0 Å². The SMILES string of the molecule is CCCC(C)(C)OOC(CCN1C(=O)C(C)=C(C)C1=O)OOC(C)(C)CCC. The summed E-state index contributed by atoms with van der Waals surface area (Å²) < 4.78 is 0. The molecule has 0 fully saturated rings. The summed E-state index contributed by atoms with van der Waals surface area (Å²) in [5, 5.41) is 0. The Balaban J connectivity index is 2.72. The Morgan fingerprint density at radius 1 is 0.821 bits per heavy atom. The van der Waals surface area contributed by atoms with Crippen molar-refractivity contribution in [1.82, 2.24) is 4.90 Å². The molecule has 0 aliphatic carbocycles. The van der Waals surface area contributed by atoms with Gasteiger partial charge < -0.3 is 0 Å². The quantitative estimate of drug-likeness (QED) is 0.197. The lowest BCUT2D eigenvalue weighted by atomic mass is 10.0. The summed E-state index contributed by atoms with van der Waals surface area (Å²) in [7, 11) is 0. The van der Waals surface area contributed by atoms with Crippen LogP contribution in [0.3, 0.4) is 0 Å². The molecule has 162 valence electrons. The van der Waals surface area contributed by atoms with Crippen LogP contribution in [0.5, 0.6) is 0 Å². The molecule has 1 rings (SSSR count).